The van der Waals surface area contributed by atoms with Crippen LogP contribution in [0, 0.1) is 0 Å². The molecule has 1 heterocycles. The Hall–Kier alpha value is -2.28. The topological polar surface area (TPSA) is 104 Å². The Morgan fingerprint density at radius 1 is 1.52 bits per heavy atom. The molecular formula is C13H14ClN3O4. The maximum absolute atomic E-state index is 11.7. The highest BCUT2D eigenvalue weighted by molar-refractivity contribution is 6.18. The van der Waals surface area contributed by atoms with Crippen molar-refractivity contribution in [2.24, 2.45) is 0 Å². The smallest absolute Gasteiger partial charge is 0.405 e. The first-order valence-electron chi connectivity index (χ1n) is 6.14. The molecule has 0 spiro atoms. The molecule has 2 rings (SSSR count). The number of rotatable bonds is 5. The molecule has 2 aromatic rings. The summed E-state index contributed by atoms with van der Waals surface area (Å²) in [5, 5.41) is 18.6. The maximum atomic E-state index is 11.7. The van der Waals surface area contributed by atoms with E-state index < -0.39 is 18.1 Å². The lowest BCUT2D eigenvalue weighted by Crippen LogP contribution is -2.42. The summed E-state index contributed by atoms with van der Waals surface area (Å²) in [5.74, 6) is -0.419. The van der Waals surface area contributed by atoms with E-state index in [1.807, 2.05) is 6.07 Å². The van der Waals surface area contributed by atoms with Gasteiger partial charge in [0.25, 0.3) is 0 Å². The molecule has 0 aliphatic rings. The molecule has 0 bridgehead atoms. The second kappa shape index (κ2) is 6.45. The van der Waals surface area contributed by atoms with Gasteiger partial charge in [-0.1, -0.05) is 6.07 Å². The number of alkyl halides is 1. The van der Waals surface area contributed by atoms with Crippen molar-refractivity contribution in [3.05, 3.63) is 29.5 Å². The quantitative estimate of drug-likeness (QED) is 0.575. The predicted molar refractivity (Wildman–Crippen MR) is 76.3 cm³/mol. The minimum Gasteiger partial charge on any atom is -0.467 e. The fourth-order valence-electron chi connectivity index (χ4n) is 2.17. The van der Waals surface area contributed by atoms with Crippen LogP contribution in [-0.4, -0.2) is 40.5 Å². The number of hydrogen-bond donors (Lipinski definition) is 3. The Morgan fingerprint density at radius 2 is 2.29 bits per heavy atom. The predicted octanol–water partition coefficient (Wildman–Crippen LogP) is 1.65. The van der Waals surface area contributed by atoms with Crippen LogP contribution >= 0.6 is 11.6 Å². The van der Waals surface area contributed by atoms with Gasteiger partial charge in [0.05, 0.1) is 18.8 Å². The van der Waals surface area contributed by atoms with Crippen LogP contribution in [-0.2, 0) is 21.8 Å². The van der Waals surface area contributed by atoms with Crippen molar-refractivity contribution >= 4 is 34.6 Å². The largest absolute Gasteiger partial charge is 0.467 e. The number of nitrogens with zero attached hydrogens (tertiary/aromatic N) is 1. The summed E-state index contributed by atoms with van der Waals surface area (Å²) < 4.78 is 4.62. The summed E-state index contributed by atoms with van der Waals surface area (Å²) in [4.78, 5) is 22.5. The van der Waals surface area contributed by atoms with E-state index in [4.69, 9.17) is 16.7 Å². The molecule has 21 heavy (non-hydrogen) atoms. The van der Waals surface area contributed by atoms with E-state index in [1.165, 1.54) is 7.11 Å². The van der Waals surface area contributed by atoms with Gasteiger partial charge in [-0.25, -0.2) is 9.59 Å². The Kier molecular flexibility index (Phi) is 4.64. The van der Waals surface area contributed by atoms with Gasteiger partial charge in [-0.2, -0.15) is 5.10 Å². The second-order valence-corrected chi connectivity index (χ2v) is 4.66. The van der Waals surface area contributed by atoms with Gasteiger partial charge in [0.15, 0.2) is 0 Å². The van der Waals surface area contributed by atoms with Gasteiger partial charge in [-0.15, -0.1) is 11.6 Å². The van der Waals surface area contributed by atoms with E-state index in [-0.39, 0.29) is 12.3 Å². The van der Waals surface area contributed by atoms with E-state index in [9.17, 15) is 9.59 Å². The van der Waals surface area contributed by atoms with E-state index >= 15 is 0 Å². The maximum Gasteiger partial charge on any atom is 0.405 e. The number of aromatic amines is 1. The fraction of sp³-hybridized carbons (Fsp3) is 0.308. The van der Waals surface area contributed by atoms with Crippen LogP contribution in [0.25, 0.3) is 10.9 Å². The number of carbonyl (C=O) groups is 2. The number of carbonyl (C=O) groups excluding carboxylic acids is 1. The van der Waals surface area contributed by atoms with Gasteiger partial charge in [-0.3, -0.25) is 5.10 Å². The lowest BCUT2D eigenvalue weighted by atomic mass is 9.98. The van der Waals surface area contributed by atoms with Crippen LogP contribution < -0.4 is 5.32 Å². The molecule has 8 heteroatoms. The summed E-state index contributed by atoms with van der Waals surface area (Å²) >= 11 is 5.98. The molecular weight excluding hydrogens is 298 g/mol. The summed E-state index contributed by atoms with van der Waals surface area (Å²) in [6.45, 7) is 0. The highest BCUT2D eigenvalue weighted by Gasteiger charge is 2.23. The summed E-state index contributed by atoms with van der Waals surface area (Å²) in [7, 11) is 1.21. The molecule has 0 aliphatic heterocycles. The van der Waals surface area contributed by atoms with Crippen molar-refractivity contribution in [3.8, 4) is 0 Å². The molecule has 1 aromatic heterocycles. The van der Waals surface area contributed by atoms with Crippen molar-refractivity contribution < 1.29 is 19.4 Å². The Labute approximate surface area is 125 Å². The number of ether oxygens (including phenoxy) is 1. The lowest BCUT2D eigenvalue weighted by molar-refractivity contribution is -0.142. The Bertz CT molecular complexity index is 670. The number of nitrogens with one attached hydrogen (secondary N) is 2. The number of benzene rings is 1. The van der Waals surface area contributed by atoms with Crippen molar-refractivity contribution in [2.45, 2.75) is 18.3 Å². The van der Waals surface area contributed by atoms with Crippen molar-refractivity contribution in [1.29, 1.82) is 0 Å². The van der Waals surface area contributed by atoms with Crippen LogP contribution in [0.3, 0.4) is 0 Å². The third-order valence-corrected chi connectivity index (χ3v) is 3.44. The van der Waals surface area contributed by atoms with Crippen molar-refractivity contribution in [3.63, 3.8) is 0 Å². The van der Waals surface area contributed by atoms with Crippen molar-refractivity contribution in [1.82, 2.24) is 15.5 Å². The molecule has 1 atom stereocenters. The van der Waals surface area contributed by atoms with Crippen LogP contribution in [0.2, 0.25) is 0 Å². The van der Waals surface area contributed by atoms with E-state index in [0.29, 0.717) is 0 Å². The summed E-state index contributed by atoms with van der Waals surface area (Å²) in [6.07, 6.45) is 0.512. The lowest BCUT2D eigenvalue weighted by Gasteiger charge is -2.16. The van der Waals surface area contributed by atoms with Crippen LogP contribution in [0.4, 0.5) is 4.79 Å². The molecule has 1 unspecified atom stereocenters. The number of H-pyrrole nitrogens is 1. The van der Waals surface area contributed by atoms with Crippen molar-refractivity contribution in [2.75, 3.05) is 7.11 Å². The zero-order valence-electron chi connectivity index (χ0n) is 11.2. The number of carboxylic acid groups (broad SMARTS) is 1. The van der Waals surface area contributed by atoms with Gasteiger partial charge in [0.1, 0.15) is 6.04 Å². The molecule has 0 fully saturated rings. The number of hydrogen-bond acceptors (Lipinski definition) is 4. The molecule has 0 aliphatic carbocycles. The molecule has 1 aromatic carbocycles. The normalized spacial score (nSPS) is 12.1. The van der Waals surface area contributed by atoms with E-state index in [2.05, 4.69) is 20.3 Å². The first-order chi connectivity index (χ1) is 10.1. The van der Waals surface area contributed by atoms with Gasteiger partial charge in [-0.05, 0) is 17.2 Å². The number of esters is 1. The monoisotopic (exact) mass is 311 g/mol. The molecule has 0 saturated carbocycles. The zero-order valence-corrected chi connectivity index (χ0v) is 12.0. The van der Waals surface area contributed by atoms with Crippen LogP contribution in [0.15, 0.2) is 18.3 Å². The molecule has 0 radical (unpaired) electrons. The number of fused-ring (bicyclic) bond motifs is 1. The first-order valence-corrected chi connectivity index (χ1v) is 6.67. The third kappa shape index (κ3) is 3.25. The molecule has 7 nitrogen and oxygen atoms in total. The molecule has 112 valence electrons. The average molecular weight is 312 g/mol. The van der Waals surface area contributed by atoms with E-state index in [0.717, 1.165) is 22.0 Å². The Morgan fingerprint density at radius 3 is 2.90 bits per heavy atom. The molecule has 1 amide bonds. The zero-order chi connectivity index (χ0) is 15.4. The second-order valence-electron chi connectivity index (χ2n) is 4.40. The highest BCUT2D eigenvalue weighted by Crippen LogP contribution is 2.24. The number of methoxy groups -OCH3 is 1. The van der Waals surface area contributed by atoms with Gasteiger partial charge < -0.3 is 15.2 Å². The van der Waals surface area contributed by atoms with Gasteiger partial charge in [0, 0.05) is 17.7 Å². The van der Waals surface area contributed by atoms with Gasteiger partial charge in [0.2, 0.25) is 0 Å². The number of halogens is 1. The minimum atomic E-state index is -1.29. The fourth-order valence-corrected chi connectivity index (χ4v) is 2.49. The average Bonchev–Trinajstić information content (AvgIpc) is 2.93. The summed E-state index contributed by atoms with van der Waals surface area (Å²) in [5.41, 5.74) is 2.40. The van der Waals surface area contributed by atoms with Gasteiger partial charge >= 0.3 is 12.1 Å². The van der Waals surface area contributed by atoms with Crippen LogP contribution in [0.1, 0.15) is 11.1 Å². The van der Waals surface area contributed by atoms with Crippen LogP contribution in [0.5, 0.6) is 0 Å². The van der Waals surface area contributed by atoms with E-state index in [1.54, 1.807) is 12.3 Å². The Balaban J connectivity index is 2.35. The summed E-state index contributed by atoms with van der Waals surface area (Å²) in [6, 6.07) is 2.61. The third-order valence-electron chi connectivity index (χ3n) is 3.17. The molecule has 3 N–H and O–H groups in total. The standard InChI is InChI=1S/C13H14ClN3O4/c1-21-12(18)11(16-13(19)20)4-7-2-3-10-9(6-15-17-10)8(7)5-14/h2-3,6,11,16H,4-5H2,1H3,(H,15,17)(H,19,20). The highest BCUT2D eigenvalue weighted by atomic mass is 35.5. The molecule has 0 saturated heterocycles. The minimum absolute atomic E-state index is 0.155. The SMILES string of the molecule is COC(=O)C(Cc1ccc2[nH]ncc2c1CCl)NC(=O)O. The first kappa shape index (κ1) is 15.1. The number of amides is 1. The number of aromatic nitrogens is 2.